The number of ether oxygens (including phenoxy) is 3. The van der Waals surface area contributed by atoms with Crippen LogP contribution in [0.5, 0.6) is 5.75 Å². The van der Waals surface area contributed by atoms with Crippen LogP contribution in [0.3, 0.4) is 0 Å². The Bertz CT molecular complexity index is 3100. The lowest BCUT2D eigenvalue weighted by Crippen LogP contribution is -2.40. The molecule has 0 bridgehead atoms. The monoisotopic (exact) mass is 1150 g/mol. The first-order valence-electron chi connectivity index (χ1n) is 21.6. The molecular formula is C49H45I2N11O7. The van der Waals surface area contributed by atoms with Crippen LogP contribution < -0.4 is 10.1 Å². The molecule has 1 amide bonds. The zero-order chi connectivity index (χ0) is 48.4. The third-order valence-corrected chi connectivity index (χ3v) is 12.1. The summed E-state index contributed by atoms with van der Waals surface area (Å²) in [6.07, 6.45) is 19.8. The standard InChI is InChI=1S/C17H15IN4O2.C14H13N3.C13H8IN3O2.C4H9NO.CO2/c18-15-9-20-16-10-19-14(11-22(15)16)12-1-3-13(4-2-12)17(23)21-5-7-24-8-6-21;1-2-11-3-5-12(6-4-11)13-10-17-8-7-15-14(17)9-16-13;14-12-5-16-13-6-15-11(7-17(12)13)9-1-3-10(4-2-9)19-8-18;1-3-6-4-2-5-1;2-1-3/h1-4,9-11H,5-8H2;3-10H,2H2,1H3;1-8H;5H,1-4H2;. The van der Waals surface area contributed by atoms with Crippen LogP contribution in [0, 0.1) is 7.40 Å². The van der Waals surface area contributed by atoms with Gasteiger partial charge in [-0.15, -0.1) is 0 Å². The molecule has 69 heavy (non-hydrogen) atoms. The Hall–Kier alpha value is -6.82. The number of morpholine rings is 2. The number of amides is 1. The highest BCUT2D eigenvalue weighted by atomic mass is 127. The minimum absolute atomic E-state index is 0.0532. The highest BCUT2D eigenvalue weighted by Crippen LogP contribution is 2.23. The van der Waals surface area contributed by atoms with E-state index in [2.05, 4.69) is 112 Å². The van der Waals surface area contributed by atoms with E-state index in [0.717, 1.165) is 90.8 Å². The average molecular weight is 1150 g/mol. The summed E-state index contributed by atoms with van der Waals surface area (Å²) in [5, 5.41) is 3.16. The van der Waals surface area contributed by atoms with Crippen molar-refractivity contribution in [3.05, 3.63) is 153 Å². The van der Waals surface area contributed by atoms with Crippen molar-refractivity contribution < 1.29 is 33.4 Å². The first kappa shape index (κ1) is 50.1. The number of aryl methyl sites for hydroxylation is 1. The fourth-order valence-electron chi connectivity index (χ4n) is 6.91. The lowest BCUT2D eigenvalue weighted by Gasteiger charge is -2.26. The summed E-state index contributed by atoms with van der Waals surface area (Å²) in [5.74, 6) is 0.564. The molecule has 352 valence electrons. The van der Waals surface area contributed by atoms with Crippen LogP contribution in [0.2, 0.25) is 0 Å². The highest BCUT2D eigenvalue weighted by molar-refractivity contribution is 14.1. The SMILES string of the molecule is C1COCCN1.CCc1ccc(-c2cn3ccnc3cn2)cc1.O=C(c1ccc(-c2cn3c(I)cnc3cn2)cc1)N1CCOCC1.O=C=O.O=COc1ccc(-c2cn3c(I)cnc3cn2)cc1. The Morgan fingerprint density at radius 1 is 0.667 bits per heavy atom. The second-order valence-corrected chi connectivity index (χ2v) is 17.1. The zero-order valence-corrected chi connectivity index (χ0v) is 41.5. The molecular weight excluding hydrogens is 1110 g/mol. The number of carbonyl (C=O) groups is 2. The van der Waals surface area contributed by atoms with E-state index in [4.69, 9.17) is 23.8 Å². The Kier molecular flexibility index (Phi) is 18.5. The molecule has 6 aromatic heterocycles. The second-order valence-electron chi connectivity index (χ2n) is 14.8. The van der Waals surface area contributed by atoms with Gasteiger partial charge in [-0.3, -0.25) is 33.3 Å². The Balaban J connectivity index is 0.000000142. The van der Waals surface area contributed by atoms with E-state index >= 15 is 0 Å². The van der Waals surface area contributed by atoms with Crippen LogP contribution in [-0.2, 0) is 30.3 Å². The summed E-state index contributed by atoms with van der Waals surface area (Å²) in [4.78, 5) is 66.7. The van der Waals surface area contributed by atoms with Crippen molar-refractivity contribution in [2.75, 3.05) is 52.6 Å². The van der Waals surface area contributed by atoms with Gasteiger partial charge in [0.05, 0.1) is 74.5 Å². The fourth-order valence-corrected chi connectivity index (χ4v) is 7.96. The quantitative estimate of drug-likeness (QED) is 0.126. The molecule has 0 spiro atoms. The third kappa shape index (κ3) is 13.7. The molecule has 9 aromatic rings. The van der Waals surface area contributed by atoms with Crippen molar-refractivity contribution in [1.82, 2.24) is 53.3 Å². The molecule has 0 saturated carbocycles. The second kappa shape index (κ2) is 25.5. The van der Waals surface area contributed by atoms with E-state index < -0.39 is 0 Å². The topological polar surface area (TPSA) is 202 Å². The molecule has 2 aliphatic heterocycles. The van der Waals surface area contributed by atoms with Gasteiger partial charge < -0.3 is 28.8 Å². The summed E-state index contributed by atoms with van der Waals surface area (Å²) in [5.41, 5.74) is 10.3. The molecule has 2 saturated heterocycles. The molecule has 0 radical (unpaired) electrons. The maximum absolute atomic E-state index is 12.5. The third-order valence-electron chi connectivity index (χ3n) is 10.5. The first-order valence-corrected chi connectivity index (χ1v) is 23.8. The number of nitrogens with zero attached hydrogens (tertiary/aromatic N) is 10. The molecule has 8 heterocycles. The summed E-state index contributed by atoms with van der Waals surface area (Å²) in [6.45, 7) is 8.92. The van der Waals surface area contributed by atoms with Crippen LogP contribution in [0.15, 0.2) is 135 Å². The van der Waals surface area contributed by atoms with Gasteiger partial charge in [0, 0.05) is 79.4 Å². The number of nitrogens with one attached hydrogen (secondary N) is 1. The van der Waals surface area contributed by atoms with Crippen molar-refractivity contribution in [3.63, 3.8) is 0 Å². The molecule has 20 heteroatoms. The maximum Gasteiger partial charge on any atom is 0.373 e. The van der Waals surface area contributed by atoms with Gasteiger partial charge in [0.15, 0.2) is 16.9 Å². The van der Waals surface area contributed by atoms with Crippen LogP contribution in [0.4, 0.5) is 0 Å². The molecule has 18 nitrogen and oxygen atoms in total. The maximum atomic E-state index is 12.5. The number of halogens is 2. The molecule has 2 aliphatic rings. The normalized spacial score (nSPS) is 13.0. The number of fused-ring (bicyclic) bond motifs is 3. The van der Waals surface area contributed by atoms with Crippen LogP contribution in [0.25, 0.3) is 50.7 Å². The van der Waals surface area contributed by atoms with Crippen molar-refractivity contribution in [2.24, 2.45) is 0 Å². The van der Waals surface area contributed by atoms with Crippen molar-refractivity contribution in [3.8, 4) is 39.5 Å². The summed E-state index contributed by atoms with van der Waals surface area (Å²) >= 11 is 4.46. The van der Waals surface area contributed by atoms with E-state index in [1.54, 1.807) is 43.1 Å². The van der Waals surface area contributed by atoms with Gasteiger partial charge in [0.2, 0.25) is 0 Å². The summed E-state index contributed by atoms with van der Waals surface area (Å²) in [6, 6.07) is 23.3. The summed E-state index contributed by atoms with van der Waals surface area (Å²) in [7, 11) is 0. The molecule has 0 aliphatic carbocycles. The first-order chi connectivity index (χ1) is 33.8. The predicted octanol–water partition coefficient (Wildman–Crippen LogP) is 6.99. The van der Waals surface area contributed by atoms with Gasteiger partial charge >= 0.3 is 6.15 Å². The Labute approximate surface area is 423 Å². The van der Waals surface area contributed by atoms with Gasteiger partial charge in [-0.05, 0) is 93.6 Å². The van der Waals surface area contributed by atoms with Gasteiger partial charge in [0.25, 0.3) is 12.4 Å². The average Bonchev–Trinajstić information content (AvgIpc) is 4.15. The number of hydrogen-bond acceptors (Lipinski definition) is 14. The molecule has 0 unspecified atom stereocenters. The van der Waals surface area contributed by atoms with E-state index in [-0.39, 0.29) is 12.1 Å². The molecule has 2 fully saturated rings. The lowest BCUT2D eigenvalue weighted by atomic mass is 10.1. The molecule has 3 aromatic carbocycles. The number of imidazole rings is 3. The molecule has 1 N–H and O–H groups in total. The van der Waals surface area contributed by atoms with Crippen molar-refractivity contribution >= 4 is 80.7 Å². The van der Waals surface area contributed by atoms with E-state index in [1.165, 1.54) is 5.56 Å². The van der Waals surface area contributed by atoms with Gasteiger partial charge in [0.1, 0.15) is 13.2 Å². The molecule has 0 atom stereocenters. The minimum atomic E-state index is 0.0532. The number of carbonyl (C=O) groups excluding carboxylic acids is 4. The Morgan fingerprint density at radius 2 is 1.16 bits per heavy atom. The van der Waals surface area contributed by atoms with E-state index in [9.17, 15) is 9.59 Å². The summed E-state index contributed by atoms with van der Waals surface area (Å²) < 4.78 is 23.1. The largest absolute Gasteiger partial charge is 0.429 e. The van der Waals surface area contributed by atoms with Crippen molar-refractivity contribution in [1.29, 1.82) is 0 Å². The highest BCUT2D eigenvalue weighted by Gasteiger charge is 2.18. The van der Waals surface area contributed by atoms with Crippen molar-refractivity contribution in [2.45, 2.75) is 13.3 Å². The lowest BCUT2D eigenvalue weighted by molar-refractivity contribution is -0.191. The number of hydrogen-bond donors (Lipinski definition) is 1. The van der Waals surface area contributed by atoms with Crippen LogP contribution >= 0.6 is 45.2 Å². The van der Waals surface area contributed by atoms with Crippen LogP contribution in [-0.4, -0.2) is 119 Å². The van der Waals surface area contributed by atoms with Gasteiger partial charge in [-0.25, -0.2) is 15.0 Å². The Morgan fingerprint density at radius 3 is 1.65 bits per heavy atom. The number of aromatic nitrogens is 9. The smallest absolute Gasteiger partial charge is 0.373 e. The number of benzene rings is 3. The van der Waals surface area contributed by atoms with Gasteiger partial charge in [-0.2, -0.15) is 9.59 Å². The van der Waals surface area contributed by atoms with Gasteiger partial charge in [-0.1, -0.05) is 43.3 Å². The minimum Gasteiger partial charge on any atom is -0.429 e. The molecule has 11 rings (SSSR count). The van der Waals surface area contributed by atoms with E-state index in [0.29, 0.717) is 44.1 Å². The predicted molar refractivity (Wildman–Crippen MR) is 272 cm³/mol. The van der Waals surface area contributed by atoms with Crippen LogP contribution in [0.1, 0.15) is 22.8 Å². The number of rotatable bonds is 7. The fraction of sp³-hybridized carbons (Fsp3) is 0.204. The zero-order valence-electron chi connectivity index (χ0n) is 37.2. The van der Waals surface area contributed by atoms with E-state index in [1.807, 2.05) is 85.5 Å².